The third-order valence-electron chi connectivity index (χ3n) is 3.03. The molecule has 2 rings (SSSR count). The van der Waals surface area contributed by atoms with Gasteiger partial charge in [-0.2, -0.15) is 8.78 Å². The van der Waals surface area contributed by atoms with Gasteiger partial charge < -0.3 is 9.73 Å². The van der Waals surface area contributed by atoms with E-state index in [-0.39, 0.29) is 5.75 Å². The SMILES string of the molecule is FC(F)SCc1ccc(CNCCCC2CC2)o1. The zero-order chi connectivity index (χ0) is 12.8. The number of thioether (sulfide) groups is 1. The minimum Gasteiger partial charge on any atom is -0.464 e. The van der Waals surface area contributed by atoms with E-state index in [1.807, 2.05) is 6.07 Å². The van der Waals surface area contributed by atoms with Gasteiger partial charge in [0.2, 0.25) is 0 Å². The number of alkyl halides is 2. The van der Waals surface area contributed by atoms with Crippen LogP contribution in [0.15, 0.2) is 16.5 Å². The predicted octanol–water partition coefficient (Wildman–Crippen LogP) is 4.02. The van der Waals surface area contributed by atoms with Crippen molar-refractivity contribution in [3.63, 3.8) is 0 Å². The van der Waals surface area contributed by atoms with E-state index in [2.05, 4.69) is 5.32 Å². The van der Waals surface area contributed by atoms with Gasteiger partial charge in [-0.1, -0.05) is 24.6 Å². The summed E-state index contributed by atoms with van der Waals surface area (Å²) >= 11 is 0.592. The second-order valence-electron chi connectivity index (χ2n) is 4.70. The first kappa shape index (κ1) is 13.9. The molecule has 0 aliphatic heterocycles. The summed E-state index contributed by atoms with van der Waals surface area (Å²) < 4.78 is 29.4. The highest BCUT2D eigenvalue weighted by Crippen LogP contribution is 2.33. The number of furan rings is 1. The summed E-state index contributed by atoms with van der Waals surface area (Å²) in [6.45, 7) is 1.68. The molecule has 1 saturated carbocycles. The number of rotatable bonds is 9. The molecule has 0 aromatic carbocycles. The molecule has 1 heterocycles. The van der Waals surface area contributed by atoms with Crippen LogP contribution >= 0.6 is 11.8 Å². The monoisotopic (exact) mass is 275 g/mol. The first-order valence-electron chi connectivity index (χ1n) is 6.42. The third-order valence-corrected chi connectivity index (χ3v) is 3.73. The first-order chi connectivity index (χ1) is 8.74. The molecular weight excluding hydrogens is 256 g/mol. The summed E-state index contributed by atoms with van der Waals surface area (Å²) in [5.41, 5.74) is 0. The molecule has 0 atom stereocenters. The topological polar surface area (TPSA) is 25.2 Å². The van der Waals surface area contributed by atoms with E-state index in [0.29, 0.717) is 24.1 Å². The fourth-order valence-corrected chi connectivity index (χ4v) is 2.32. The molecular formula is C13H19F2NOS. The van der Waals surface area contributed by atoms with Gasteiger partial charge in [0, 0.05) is 0 Å². The average Bonchev–Trinajstić information content (AvgIpc) is 3.05. The molecule has 0 saturated heterocycles. The van der Waals surface area contributed by atoms with Crippen LogP contribution in [0, 0.1) is 5.92 Å². The van der Waals surface area contributed by atoms with Crippen molar-refractivity contribution in [2.75, 3.05) is 6.54 Å². The highest BCUT2D eigenvalue weighted by atomic mass is 32.2. The predicted molar refractivity (Wildman–Crippen MR) is 69.7 cm³/mol. The lowest BCUT2D eigenvalue weighted by Gasteiger charge is -2.02. The zero-order valence-corrected chi connectivity index (χ0v) is 11.1. The Morgan fingerprint density at radius 1 is 1.33 bits per heavy atom. The number of halogens is 2. The summed E-state index contributed by atoms with van der Waals surface area (Å²) in [5, 5.41) is 3.31. The van der Waals surface area contributed by atoms with Gasteiger partial charge in [-0.15, -0.1) is 0 Å². The summed E-state index contributed by atoms with van der Waals surface area (Å²) in [5.74, 6) is 0.327. The van der Waals surface area contributed by atoms with E-state index in [1.165, 1.54) is 25.7 Å². The lowest BCUT2D eigenvalue weighted by molar-refractivity contribution is 0.251. The highest BCUT2D eigenvalue weighted by Gasteiger charge is 2.19. The maximum Gasteiger partial charge on any atom is 0.284 e. The first-order valence-corrected chi connectivity index (χ1v) is 7.47. The zero-order valence-electron chi connectivity index (χ0n) is 10.3. The molecule has 0 spiro atoms. The summed E-state index contributed by atoms with van der Waals surface area (Å²) in [4.78, 5) is 0. The lowest BCUT2D eigenvalue weighted by atomic mass is 10.2. The molecule has 2 nitrogen and oxygen atoms in total. The molecule has 102 valence electrons. The van der Waals surface area contributed by atoms with Crippen molar-refractivity contribution < 1.29 is 13.2 Å². The Hall–Kier alpha value is -0.550. The Balaban J connectivity index is 1.57. The van der Waals surface area contributed by atoms with Crippen LogP contribution in [-0.2, 0) is 12.3 Å². The molecule has 0 radical (unpaired) electrons. The molecule has 0 bridgehead atoms. The summed E-state index contributed by atoms with van der Waals surface area (Å²) in [6, 6.07) is 3.63. The summed E-state index contributed by atoms with van der Waals surface area (Å²) in [7, 11) is 0. The van der Waals surface area contributed by atoms with Crippen LogP contribution in [-0.4, -0.2) is 12.3 Å². The van der Waals surface area contributed by atoms with Gasteiger partial charge in [-0.05, 0) is 37.4 Å². The van der Waals surface area contributed by atoms with Gasteiger partial charge in [0.05, 0.1) is 12.3 Å². The molecule has 1 N–H and O–H groups in total. The van der Waals surface area contributed by atoms with Crippen molar-refractivity contribution >= 4 is 11.8 Å². The van der Waals surface area contributed by atoms with Gasteiger partial charge >= 0.3 is 0 Å². The van der Waals surface area contributed by atoms with Crippen LogP contribution in [0.3, 0.4) is 0 Å². The number of nitrogens with one attached hydrogen (secondary N) is 1. The molecule has 0 amide bonds. The van der Waals surface area contributed by atoms with E-state index >= 15 is 0 Å². The quantitative estimate of drug-likeness (QED) is 0.689. The fraction of sp³-hybridized carbons (Fsp3) is 0.692. The molecule has 0 unspecified atom stereocenters. The van der Waals surface area contributed by atoms with Gasteiger partial charge in [0.25, 0.3) is 5.76 Å². The standard InChI is InChI=1S/C13H19F2NOS/c14-13(15)18-9-12-6-5-11(17-12)8-16-7-1-2-10-3-4-10/h5-6,10,13,16H,1-4,7-9H2. The van der Waals surface area contributed by atoms with Gasteiger partial charge in [0.15, 0.2) is 0 Å². The van der Waals surface area contributed by atoms with E-state index in [4.69, 9.17) is 4.42 Å². The van der Waals surface area contributed by atoms with Gasteiger partial charge in [-0.25, -0.2) is 0 Å². The Kier molecular flexibility index (Phi) is 5.50. The van der Waals surface area contributed by atoms with Crippen LogP contribution in [0.1, 0.15) is 37.2 Å². The van der Waals surface area contributed by atoms with Crippen molar-refractivity contribution in [3.05, 3.63) is 23.7 Å². The minimum atomic E-state index is -2.33. The number of hydrogen-bond donors (Lipinski definition) is 1. The Morgan fingerprint density at radius 3 is 2.83 bits per heavy atom. The molecule has 5 heteroatoms. The highest BCUT2D eigenvalue weighted by molar-refractivity contribution is 7.98. The van der Waals surface area contributed by atoms with E-state index in [1.54, 1.807) is 6.07 Å². The van der Waals surface area contributed by atoms with Crippen molar-refractivity contribution in [2.24, 2.45) is 5.92 Å². The van der Waals surface area contributed by atoms with E-state index in [9.17, 15) is 8.78 Å². The Labute approximate surface area is 111 Å². The average molecular weight is 275 g/mol. The smallest absolute Gasteiger partial charge is 0.284 e. The summed E-state index contributed by atoms with van der Waals surface area (Å²) in [6.07, 6.45) is 5.34. The fourth-order valence-electron chi connectivity index (χ4n) is 1.87. The Bertz CT molecular complexity index is 353. The van der Waals surface area contributed by atoms with Crippen LogP contribution < -0.4 is 5.32 Å². The molecule has 18 heavy (non-hydrogen) atoms. The van der Waals surface area contributed by atoms with Crippen LogP contribution in [0.2, 0.25) is 0 Å². The van der Waals surface area contributed by atoms with Crippen LogP contribution in [0.4, 0.5) is 8.78 Å². The largest absolute Gasteiger partial charge is 0.464 e. The van der Waals surface area contributed by atoms with Crippen molar-refractivity contribution in [2.45, 2.75) is 43.7 Å². The Morgan fingerprint density at radius 2 is 2.11 bits per heavy atom. The molecule has 1 fully saturated rings. The van der Waals surface area contributed by atoms with E-state index in [0.717, 1.165) is 18.2 Å². The third kappa shape index (κ3) is 5.40. The lowest BCUT2D eigenvalue weighted by Crippen LogP contribution is -2.14. The molecule has 1 aromatic rings. The van der Waals surface area contributed by atoms with E-state index < -0.39 is 5.76 Å². The number of hydrogen-bond acceptors (Lipinski definition) is 3. The van der Waals surface area contributed by atoms with Crippen LogP contribution in [0.25, 0.3) is 0 Å². The second-order valence-corrected chi connectivity index (χ2v) is 5.68. The second kappa shape index (κ2) is 7.14. The minimum absolute atomic E-state index is 0.235. The van der Waals surface area contributed by atoms with Crippen molar-refractivity contribution in [1.82, 2.24) is 5.32 Å². The van der Waals surface area contributed by atoms with Crippen molar-refractivity contribution in [3.8, 4) is 0 Å². The molecule has 1 aromatic heterocycles. The van der Waals surface area contributed by atoms with Gasteiger partial charge in [0.1, 0.15) is 11.5 Å². The molecule has 1 aliphatic carbocycles. The maximum absolute atomic E-state index is 12.0. The van der Waals surface area contributed by atoms with Crippen molar-refractivity contribution in [1.29, 1.82) is 0 Å². The van der Waals surface area contributed by atoms with Crippen LogP contribution in [0.5, 0.6) is 0 Å². The normalized spacial score (nSPS) is 15.5. The van der Waals surface area contributed by atoms with Gasteiger partial charge in [-0.3, -0.25) is 0 Å². The molecule has 1 aliphatic rings. The maximum atomic E-state index is 12.0.